The lowest BCUT2D eigenvalue weighted by atomic mass is 9.76. The van der Waals surface area contributed by atoms with Gasteiger partial charge in [0, 0.05) is 5.92 Å². The second-order valence-corrected chi connectivity index (χ2v) is 12.3. The number of hydrogen-bond acceptors (Lipinski definition) is 5. The van der Waals surface area contributed by atoms with E-state index in [0.717, 1.165) is 44.5 Å². The predicted molar refractivity (Wildman–Crippen MR) is 185 cm³/mol. The summed E-state index contributed by atoms with van der Waals surface area (Å²) in [6.07, 6.45) is 0.957. The molecule has 0 bridgehead atoms. The number of carbonyl (C=O) groups excluding carboxylic acids is 1. The Balaban J connectivity index is 1.16. The normalized spacial score (nSPS) is 13.7. The van der Waals surface area contributed by atoms with Gasteiger partial charge in [-0.2, -0.15) is 0 Å². The minimum absolute atomic E-state index is 0.0216. The maximum absolute atomic E-state index is 13.4. The highest BCUT2D eigenvalue weighted by Gasteiger charge is 2.44. The van der Waals surface area contributed by atoms with Crippen LogP contribution in [-0.2, 0) is 19.9 Å². The summed E-state index contributed by atoms with van der Waals surface area (Å²) in [5, 5.41) is 14.0. The molecule has 0 unspecified atom stereocenters. The van der Waals surface area contributed by atoms with Crippen molar-refractivity contribution < 1.29 is 19.4 Å². The Morgan fingerprint density at radius 1 is 0.723 bits per heavy atom. The highest BCUT2D eigenvalue weighted by Crippen LogP contribution is 2.44. The molecule has 5 aromatic carbocycles. The molecule has 0 amide bonds. The van der Waals surface area contributed by atoms with Gasteiger partial charge in [-0.1, -0.05) is 139 Å². The van der Waals surface area contributed by atoms with E-state index in [1.165, 1.54) is 0 Å². The predicted octanol–water partition coefficient (Wildman–Crippen LogP) is 7.18. The van der Waals surface area contributed by atoms with Crippen molar-refractivity contribution in [3.63, 3.8) is 0 Å². The average Bonchev–Trinajstić information content (AvgIpc) is 3.43. The van der Waals surface area contributed by atoms with Crippen molar-refractivity contribution in [3.05, 3.63) is 167 Å². The number of nitrogens with one attached hydrogen (secondary N) is 1. The van der Waals surface area contributed by atoms with E-state index in [4.69, 9.17) is 10.5 Å². The van der Waals surface area contributed by atoms with Crippen LogP contribution >= 0.6 is 0 Å². The summed E-state index contributed by atoms with van der Waals surface area (Å²) < 4.78 is 5.70. The summed E-state index contributed by atoms with van der Waals surface area (Å²) in [6.45, 7) is 2.66. The lowest BCUT2D eigenvalue weighted by Gasteiger charge is -2.37. The largest absolute Gasteiger partial charge is 0.479 e. The number of benzene rings is 5. The molecule has 0 aliphatic heterocycles. The maximum atomic E-state index is 13.4. The molecule has 5 aromatic rings. The van der Waals surface area contributed by atoms with Crippen LogP contribution in [-0.4, -0.2) is 35.7 Å². The molecule has 0 radical (unpaired) electrons. The van der Waals surface area contributed by atoms with Crippen LogP contribution in [0.15, 0.2) is 133 Å². The molecule has 6 heteroatoms. The molecular weight excluding hydrogens is 584 g/mol. The first-order chi connectivity index (χ1) is 22.8. The molecule has 0 heterocycles. The number of esters is 1. The van der Waals surface area contributed by atoms with Crippen LogP contribution in [0.5, 0.6) is 0 Å². The van der Waals surface area contributed by atoms with E-state index in [2.05, 4.69) is 72.9 Å². The number of fused-ring (bicyclic) bond motifs is 3. The number of nitrogens with two attached hydrogens (primary N) is 1. The molecule has 4 N–H and O–H groups in total. The van der Waals surface area contributed by atoms with Gasteiger partial charge in [-0.25, -0.2) is 9.59 Å². The second kappa shape index (κ2) is 13.8. The van der Waals surface area contributed by atoms with Crippen molar-refractivity contribution in [2.24, 2.45) is 5.73 Å². The van der Waals surface area contributed by atoms with Gasteiger partial charge in [-0.05, 0) is 71.7 Å². The average molecular weight is 625 g/mol. The summed E-state index contributed by atoms with van der Waals surface area (Å²) in [5.74, 6) is -2.48. The van der Waals surface area contributed by atoms with Gasteiger partial charge in [0.25, 0.3) is 0 Å². The minimum Gasteiger partial charge on any atom is -0.479 e. The van der Waals surface area contributed by atoms with E-state index in [9.17, 15) is 14.7 Å². The van der Waals surface area contributed by atoms with Crippen molar-refractivity contribution in [2.75, 3.05) is 13.2 Å². The number of hydrogen-bond donors (Lipinski definition) is 3. The molecule has 1 atom stereocenters. The summed E-state index contributed by atoms with van der Waals surface area (Å²) in [7, 11) is 0. The van der Waals surface area contributed by atoms with Gasteiger partial charge in [0.1, 0.15) is 6.61 Å². The number of aryl methyl sites for hydroxylation is 1. The van der Waals surface area contributed by atoms with E-state index in [-0.39, 0.29) is 18.9 Å². The Kier molecular flexibility index (Phi) is 9.34. The lowest BCUT2D eigenvalue weighted by molar-refractivity contribution is -0.161. The van der Waals surface area contributed by atoms with Crippen LogP contribution < -0.4 is 11.1 Å². The van der Waals surface area contributed by atoms with Crippen LogP contribution in [0.2, 0.25) is 0 Å². The van der Waals surface area contributed by atoms with Crippen LogP contribution in [0.3, 0.4) is 0 Å². The standard InChI is InChI=1S/C41H40N2O4/c1-29-15-14-20-32(27-29)41(30-16-4-2-5-17-30,31-18-6-3-7-19-31)43-26-13-12-25-40(42,38(44)45)39(46)47-28-37-35-23-10-8-21-33(35)34-22-9-11-24-36(34)37/h2-11,14-24,27,37,43H,12-13,25-26,28,42H2,1H3,(H,44,45)/t40-/m0/s1. The smallest absolute Gasteiger partial charge is 0.337 e. The first-order valence-corrected chi connectivity index (χ1v) is 16.2. The van der Waals surface area contributed by atoms with Gasteiger partial charge in [0.2, 0.25) is 5.54 Å². The van der Waals surface area contributed by atoms with Crippen LogP contribution in [0.25, 0.3) is 11.1 Å². The van der Waals surface area contributed by atoms with Gasteiger partial charge < -0.3 is 15.6 Å². The number of carboxylic acid groups (broad SMARTS) is 1. The first kappa shape index (κ1) is 31.9. The fourth-order valence-electron chi connectivity index (χ4n) is 6.89. The van der Waals surface area contributed by atoms with E-state index < -0.39 is 23.0 Å². The summed E-state index contributed by atoms with van der Waals surface area (Å²) in [5.41, 5.74) is 12.3. The zero-order chi connectivity index (χ0) is 32.9. The van der Waals surface area contributed by atoms with Crippen molar-refractivity contribution in [1.82, 2.24) is 5.32 Å². The van der Waals surface area contributed by atoms with E-state index in [0.29, 0.717) is 19.4 Å². The molecular formula is C41H40N2O4. The molecule has 0 aromatic heterocycles. The number of aliphatic carboxylic acids is 1. The van der Waals surface area contributed by atoms with Crippen LogP contribution in [0.1, 0.15) is 58.6 Å². The topological polar surface area (TPSA) is 102 Å². The Hall–Kier alpha value is -5.04. The number of carboxylic acids is 1. The second-order valence-electron chi connectivity index (χ2n) is 12.3. The summed E-state index contributed by atoms with van der Waals surface area (Å²) in [6, 6.07) is 45.2. The molecule has 0 saturated heterocycles. The number of unbranched alkanes of at least 4 members (excludes halogenated alkanes) is 1. The van der Waals surface area contributed by atoms with Crippen LogP contribution in [0, 0.1) is 6.92 Å². The fraction of sp³-hybridized carbons (Fsp3) is 0.220. The van der Waals surface area contributed by atoms with Crippen molar-refractivity contribution in [1.29, 1.82) is 0 Å². The van der Waals surface area contributed by atoms with E-state index in [1.807, 2.05) is 72.8 Å². The molecule has 6 rings (SSSR count). The van der Waals surface area contributed by atoms with Gasteiger partial charge in [-0.15, -0.1) is 0 Å². The van der Waals surface area contributed by atoms with Gasteiger partial charge in [-0.3, -0.25) is 5.32 Å². The third-order valence-electron chi connectivity index (χ3n) is 9.34. The number of rotatable bonds is 13. The van der Waals surface area contributed by atoms with Crippen LogP contribution in [0.4, 0.5) is 0 Å². The highest BCUT2D eigenvalue weighted by molar-refractivity contribution is 6.03. The Morgan fingerprint density at radius 2 is 1.26 bits per heavy atom. The minimum atomic E-state index is -2.15. The molecule has 0 spiro atoms. The Bertz CT molecular complexity index is 1770. The zero-order valence-corrected chi connectivity index (χ0v) is 26.6. The number of ether oxygens (including phenoxy) is 1. The van der Waals surface area contributed by atoms with Gasteiger partial charge in [0.15, 0.2) is 0 Å². The molecule has 1 aliphatic carbocycles. The summed E-state index contributed by atoms with van der Waals surface area (Å²) >= 11 is 0. The SMILES string of the molecule is Cc1cccc(C(NCCCC[C@](N)(C(=O)O)C(=O)OCC2c3ccccc3-c3ccccc32)(c2ccccc2)c2ccccc2)c1. The van der Waals surface area contributed by atoms with Crippen molar-refractivity contribution in [2.45, 2.75) is 43.2 Å². The molecule has 47 heavy (non-hydrogen) atoms. The molecule has 0 fully saturated rings. The molecule has 6 nitrogen and oxygen atoms in total. The Morgan fingerprint density at radius 3 is 1.81 bits per heavy atom. The maximum Gasteiger partial charge on any atom is 0.337 e. The van der Waals surface area contributed by atoms with Crippen molar-refractivity contribution in [3.8, 4) is 11.1 Å². The van der Waals surface area contributed by atoms with E-state index >= 15 is 0 Å². The third-order valence-corrected chi connectivity index (χ3v) is 9.34. The lowest BCUT2D eigenvalue weighted by Crippen LogP contribution is -2.56. The quantitative estimate of drug-likeness (QED) is 0.0555. The molecule has 1 aliphatic rings. The molecule has 0 saturated carbocycles. The highest BCUT2D eigenvalue weighted by atomic mass is 16.5. The molecule has 238 valence electrons. The van der Waals surface area contributed by atoms with Gasteiger partial charge in [0.05, 0.1) is 5.54 Å². The third kappa shape index (κ3) is 6.22. The first-order valence-electron chi connectivity index (χ1n) is 16.2. The fourth-order valence-corrected chi connectivity index (χ4v) is 6.89. The summed E-state index contributed by atoms with van der Waals surface area (Å²) in [4.78, 5) is 25.8. The van der Waals surface area contributed by atoms with Gasteiger partial charge >= 0.3 is 11.9 Å². The van der Waals surface area contributed by atoms with E-state index in [1.54, 1.807) is 0 Å². The monoisotopic (exact) mass is 624 g/mol. The van der Waals surface area contributed by atoms with Crippen molar-refractivity contribution >= 4 is 11.9 Å². The number of carbonyl (C=O) groups is 2. The zero-order valence-electron chi connectivity index (χ0n) is 26.6. The Labute approximate surface area is 276 Å².